The highest BCUT2D eigenvalue weighted by atomic mass is 16.5. The minimum absolute atomic E-state index is 0.215. The van der Waals surface area contributed by atoms with Crippen LogP contribution >= 0.6 is 0 Å². The van der Waals surface area contributed by atoms with Crippen molar-refractivity contribution in [2.45, 2.75) is 50.6 Å². The van der Waals surface area contributed by atoms with Crippen molar-refractivity contribution in [1.82, 2.24) is 19.8 Å². The third kappa shape index (κ3) is 2.86. The lowest BCUT2D eigenvalue weighted by atomic mass is 10.2. The topological polar surface area (TPSA) is 67.4 Å². The van der Waals surface area contributed by atoms with Gasteiger partial charge in [0.25, 0.3) is 0 Å². The van der Waals surface area contributed by atoms with Gasteiger partial charge in [0.15, 0.2) is 0 Å². The highest BCUT2D eigenvalue weighted by Gasteiger charge is 2.32. The standard InChI is InChI=1S/C18H23N5O2/c24-17-2-1-6-22(17)16-9-19-23(12-16)15-5-7-21(11-15)10-14-8-20-25-18(14)13-3-4-13/h8-9,12-13,15H,1-7,10-11H2. The minimum atomic E-state index is 0.215. The molecule has 7 heteroatoms. The number of aromatic nitrogens is 3. The van der Waals surface area contributed by atoms with Gasteiger partial charge in [-0.2, -0.15) is 5.10 Å². The molecule has 2 aliphatic heterocycles. The number of anilines is 1. The van der Waals surface area contributed by atoms with Crippen LogP contribution in [0.3, 0.4) is 0 Å². The van der Waals surface area contributed by atoms with Crippen LogP contribution in [-0.2, 0) is 11.3 Å². The van der Waals surface area contributed by atoms with E-state index in [2.05, 4.69) is 15.2 Å². The fourth-order valence-corrected chi connectivity index (χ4v) is 4.07. The normalized spacial score (nSPS) is 24.6. The number of nitrogens with zero attached hydrogens (tertiary/aromatic N) is 5. The molecule has 0 spiro atoms. The molecular formula is C18H23N5O2. The summed E-state index contributed by atoms with van der Waals surface area (Å²) in [6, 6.07) is 0.371. The van der Waals surface area contributed by atoms with E-state index in [9.17, 15) is 4.79 Å². The van der Waals surface area contributed by atoms with Crippen LogP contribution in [0.15, 0.2) is 23.1 Å². The van der Waals surface area contributed by atoms with Crippen molar-refractivity contribution in [2.75, 3.05) is 24.5 Å². The van der Waals surface area contributed by atoms with Gasteiger partial charge >= 0.3 is 0 Å². The van der Waals surface area contributed by atoms with Gasteiger partial charge in [-0.1, -0.05) is 5.16 Å². The lowest BCUT2D eigenvalue weighted by Crippen LogP contribution is -2.23. The third-order valence-corrected chi connectivity index (χ3v) is 5.61. The molecule has 7 nitrogen and oxygen atoms in total. The summed E-state index contributed by atoms with van der Waals surface area (Å²) in [5, 5.41) is 8.53. The van der Waals surface area contributed by atoms with Gasteiger partial charge in [-0.3, -0.25) is 14.4 Å². The number of likely N-dealkylation sites (tertiary alicyclic amines) is 1. The number of carbonyl (C=O) groups is 1. The van der Waals surface area contributed by atoms with Gasteiger partial charge in [-0.25, -0.2) is 0 Å². The van der Waals surface area contributed by atoms with E-state index in [1.807, 2.05) is 28.2 Å². The first-order valence-electron chi connectivity index (χ1n) is 9.28. The molecule has 1 amide bonds. The predicted molar refractivity (Wildman–Crippen MR) is 91.2 cm³/mol. The molecule has 2 saturated heterocycles. The van der Waals surface area contributed by atoms with Crippen molar-refractivity contribution in [3.63, 3.8) is 0 Å². The molecule has 2 aromatic rings. The first kappa shape index (κ1) is 15.1. The molecule has 4 heterocycles. The fraction of sp³-hybridized carbons (Fsp3) is 0.611. The molecule has 0 N–H and O–H groups in total. The second-order valence-electron chi connectivity index (χ2n) is 7.49. The summed E-state index contributed by atoms with van der Waals surface area (Å²) in [6.45, 7) is 3.76. The largest absolute Gasteiger partial charge is 0.361 e. The van der Waals surface area contributed by atoms with Crippen LogP contribution in [0.25, 0.3) is 0 Å². The second kappa shape index (κ2) is 5.98. The first-order chi connectivity index (χ1) is 12.3. The van der Waals surface area contributed by atoms with E-state index >= 15 is 0 Å². The average molecular weight is 341 g/mol. The Morgan fingerprint density at radius 2 is 2.12 bits per heavy atom. The smallest absolute Gasteiger partial charge is 0.227 e. The van der Waals surface area contributed by atoms with E-state index < -0.39 is 0 Å². The maximum absolute atomic E-state index is 11.9. The van der Waals surface area contributed by atoms with E-state index in [1.165, 1.54) is 18.4 Å². The number of hydrogen-bond donors (Lipinski definition) is 0. The van der Waals surface area contributed by atoms with E-state index in [0.717, 1.165) is 50.5 Å². The molecule has 1 aliphatic carbocycles. The maximum Gasteiger partial charge on any atom is 0.227 e. The minimum Gasteiger partial charge on any atom is -0.361 e. The molecule has 1 atom stereocenters. The van der Waals surface area contributed by atoms with Crippen LogP contribution in [-0.4, -0.2) is 45.4 Å². The Balaban J connectivity index is 1.24. The molecule has 132 valence electrons. The summed E-state index contributed by atoms with van der Waals surface area (Å²) >= 11 is 0. The van der Waals surface area contributed by atoms with E-state index in [1.54, 1.807) is 0 Å². The van der Waals surface area contributed by atoms with Gasteiger partial charge in [0.1, 0.15) is 5.76 Å². The quantitative estimate of drug-likeness (QED) is 0.835. The lowest BCUT2D eigenvalue weighted by Gasteiger charge is -2.16. The Kier molecular flexibility index (Phi) is 3.62. The van der Waals surface area contributed by atoms with Gasteiger partial charge in [-0.15, -0.1) is 0 Å². The Hall–Kier alpha value is -2.15. The third-order valence-electron chi connectivity index (χ3n) is 5.61. The second-order valence-corrected chi connectivity index (χ2v) is 7.49. The van der Waals surface area contributed by atoms with E-state index in [4.69, 9.17) is 4.52 Å². The molecule has 1 unspecified atom stereocenters. The molecule has 1 saturated carbocycles. The van der Waals surface area contributed by atoms with Crippen LogP contribution < -0.4 is 4.90 Å². The highest BCUT2D eigenvalue weighted by Crippen LogP contribution is 2.42. The van der Waals surface area contributed by atoms with Crippen molar-refractivity contribution >= 4 is 11.6 Å². The number of carbonyl (C=O) groups excluding carboxylic acids is 1. The maximum atomic E-state index is 11.9. The molecule has 25 heavy (non-hydrogen) atoms. The van der Waals surface area contributed by atoms with Gasteiger partial charge in [0.2, 0.25) is 5.91 Å². The molecule has 0 bridgehead atoms. The fourth-order valence-electron chi connectivity index (χ4n) is 4.07. The molecule has 0 aromatic carbocycles. The zero-order chi connectivity index (χ0) is 16.8. The van der Waals surface area contributed by atoms with Crippen molar-refractivity contribution in [1.29, 1.82) is 0 Å². The summed E-state index contributed by atoms with van der Waals surface area (Å²) in [5.41, 5.74) is 2.18. The Bertz CT molecular complexity index is 778. The Morgan fingerprint density at radius 1 is 1.20 bits per heavy atom. The van der Waals surface area contributed by atoms with Crippen LogP contribution in [0.5, 0.6) is 0 Å². The molecule has 3 aliphatic rings. The predicted octanol–water partition coefficient (Wildman–Crippen LogP) is 2.32. The molecular weight excluding hydrogens is 318 g/mol. The van der Waals surface area contributed by atoms with Crippen LogP contribution in [0.2, 0.25) is 0 Å². The van der Waals surface area contributed by atoms with Crippen molar-refractivity contribution in [3.05, 3.63) is 29.9 Å². The first-order valence-corrected chi connectivity index (χ1v) is 9.28. The number of amides is 1. The van der Waals surface area contributed by atoms with Crippen molar-refractivity contribution < 1.29 is 9.32 Å². The van der Waals surface area contributed by atoms with E-state index in [-0.39, 0.29) is 5.91 Å². The summed E-state index contributed by atoms with van der Waals surface area (Å²) < 4.78 is 7.49. The van der Waals surface area contributed by atoms with Crippen LogP contribution in [0, 0.1) is 0 Å². The lowest BCUT2D eigenvalue weighted by molar-refractivity contribution is -0.117. The monoisotopic (exact) mass is 341 g/mol. The number of rotatable bonds is 5. The zero-order valence-corrected chi connectivity index (χ0v) is 14.3. The SMILES string of the molecule is O=C1CCCN1c1cnn(C2CCN(Cc3cnoc3C3CC3)C2)c1. The van der Waals surface area contributed by atoms with Crippen LogP contribution in [0.1, 0.15) is 55.4 Å². The highest BCUT2D eigenvalue weighted by molar-refractivity contribution is 5.95. The summed E-state index contributed by atoms with van der Waals surface area (Å²) in [6.07, 6.45) is 10.9. The van der Waals surface area contributed by atoms with Gasteiger partial charge in [0.05, 0.1) is 24.1 Å². The molecule has 0 radical (unpaired) electrons. The Morgan fingerprint density at radius 3 is 2.92 bits per heavy atom. The van der Waals surface area contributed by atoms with Crippen molar-refractivity contribution in [3.8, 4) is 0 Å². The average Bonchev–Trinajstić information content (AvgIpc) is 3.07. The summed E-state index contributed by atoms with van der Waals surface area (Å²) in [7, 11) is 0. The Labute approximate surface area is 146 Å². The van der Waals surface area contributed by atoms with E-state index in [0.29, 0.717) is 18.4 Å². The number of hydrogen-bond acceptors (Lipinski definition) is 5. The van der Waals surface area contributed by atoms with Crippen molar-refractivity contribution in [2.24, 2.45) is 0 Å². The van der Waals surface area contributed by atoms with Gasteiger partial charge < -0.3 is 9.42 Å². The zero-order valence-electron chi connectivity index (χ0n) is 14.3. The van der Waals surface area contributed by atoms with Gasteiger partial charge in [-0.05, 0) is 25.7 Å². The summed E-state index contributed by atoms with van der Waals surface area (Å²) in [5.74, 6) is 1.91. The molecule has 3 fully saturated rings. The molecule has 2 aromatic heterocycles. The summed E-state index contributed by atoms with van der Waals surface area (Å²) in [4.78, 5) is 16.2. The van der Waals surface area contributed by atoms with Gasteiger partial charge in [0, 0.05) is 50.3 Å². The van der Waals surface area contributed by atoms with Crippen LogP contribution in [0.4, 0.5) is 5.69 Å². The molecule has 5 rings (SSSR count).